The molecular weight excluding hydrogens is 240 g/mol. The van der Waals surface area contributed by atoms with Crippen LogP contribution in [0.3, 0.4) is 0 Å². The fraction of sp³-hybridized carbons (Fsp3) is 0.818. The highest BCUT2D eigenvalue weighted by Gasteiger charge is 2.20. The van der Waals surface area contributed by atoms with Crippen LogP contribution in [0.2, 0.25) is 0 Å². The summed E-state index contributed by atoms with van der Waals surface area (Å²) in [6.07, 6.45) is 1.96. The summed E-state index contributed by atoms with van der Waals surface area (Å²) in [5, 5.41) is 7.34. The molecule has 1 N–H and O–H groups in total. The van der Waals surface area contributed by atoms with Crippen LogP contribution in [0, 0.1) is 0 Å². The Morgan fingerprint density at radius 2 is 2.35 bits per heavy atom. The lowest BCUT2D eigenvalue weighted by molar-refractivity contribution is 0.146. The van der Waals surface area contributed by atoms with Gasteiger partial charge in [0.05, 0.1) is 6.54 Å². The first kappa shape index (κ1) is 14.4. The zero-order valence-corrected chi connectivity index (χ0v) is 11.3. The highest BCUT2D eigenvalue weighted by Crippen LogP contribution is 2.09. The van der Waals surface area contributed by atoms with E-state index in [-0.39, 0.29) is 12.4 Å². The Kier molecular flexibility index (Phi) is 5.88. The van der Waals surface area contributed by atoms with Crippen molar-refractivity contribution in [2.45, 2.75) is 39.3 Å². The van der Waals surface area contributed by atoms with E-state index >= 15 is 0 Å². The molecule has 0 bridgehead atoms. The van der Waals surface area contributed by atoms with Gasteiger partial charge in [0.2, 0.25) is 5.89 Å². The first-order valence-electron chi connectivity index (χ1n) is 6.06. The second kappa shape index (κ2) is 6.93. The summed E-state index contributed by atoms with van der Waals surface area (Å²) in [4.78, 5) is 6.76. The molecule has 98 valence electrons. The van der Waals surface area contributed by atoms with E-state index in [0.29, 0.717) is 6.04 Å². The van der Waals surface area contributed by atoms with Gasteiger partial charge in [-0.3, -0.25) is 4.90 Å². The van der Waals surface area contributed by atoms with Gasteiger partial charge in [-0.15, -0.1) is 12.4 Å². The summed E-state index contributed by atoms with van der Waals surface area (Å²) < 4.78 is 5.25. The van der Waals surface area contributed by atoms with E-state index in [4.69, 9.17) is 4.52 Å². The molecule has 0 amide bonds. The van der Waals surface area contributed by atoms with Crippen LogP contribution in [0.1, 0.15) is 32.0 Å². The molecule has 0 spiro atoms. The minimum atomic E-state index is 0. The molecule has 0 radical (unpaired) electrons. The third kappa shape index (κ3) is 3.94. The fourth-order valence-electron chi connectivity index (χ4n) is 1.97. The van der Waals surface area contributed by atoms with Crippen LogP contribution in [0.15, 0.2) is 4.52 Å². The topological polar surface area (TPSA) is 54.2 Å². The predicted octanol–water partition coefficient (Wildman–Crippen LogP) is 1.24. The van der Waals surface area contributed by atoms with Crippen LogP contribution in [0.5, 0.6) is 0 Å². The van der Waals surface area contributed by atoms with Crippen LogP contribution >= 0.6 is 12.4 Å². The molecule has 1 fully saturated rings. The molecule has 2 rings (SSSR count). The Hall–Kier alpha value is -0.650. The van der Waals surface area contributed by atoms with Gasteiger partial charge in [-0.1, -0.05) is 12.1 Å². The third-order valence-corrected chi connectivity index (χ3v) is 2.96. The maximum atomic E-state index is 5.25. The lowest BCUT2D eigenvalue weighted by Crippen LogP contribution is -2.49. The molecule has 17 heavy (non-hydrogen) atoms. The van der Waals surface area contributed by atoms with Gasteiger partial charge in [0, 0.05) is 32.1 Å². The van der Waals surface area contributed by atoms with Crippen molar-refractivity contribution >= 4 is 12.4 Å². The van der Waals surface area contributed by atoms with Crippen molar-refractivity contribution in [1.29, 1.82) is 0 Å². The van der Waals surface area contributed by atoms with Crippen LogP contribution in [-0.2, 0) is 13.0 Å². The molecule has 1 aliphatic heterocycles. The third-order valence-electron chi connectivity index (χ3n) is 2.96. The number of nitrogens with zero attached hydrogens (tertiary/aromatic N) is 3. The van der Waals surface area contributed by atoms with Gasteiger partial charge in [-0.05, 0) is 13.3 Å². The van der Waals surface area contributed by atoms with E-state index in [2.05, 4.69) is 34.2 Å². The Labute approximate surface area is 108 Å². The number of aryl methyl sites for hydroxylation is 1. The summed E-state index contributed by atoms with van der Waals surface area (Å²) in [7, 11) is 0. The monoisotopic (exact) mass is 260 g/mol. The van der Waals surface area contributed by atoms with Crippen molar-refractivity contribution in [3.8, 4) is 0 Å². The molecular formula is C11H21ClN4O. The van der Waals surface area contributed by atoms with Crippen molar-refractivity contribution < 1.29 is 4.52 Å². The summed E-state index contributed by atoms with van der Waals surface area (Å²) in [6.45, 7) is 8.24. The molecule has 2 heterocycles. The number of piperazine rings is 1. The van der Waals surface area contributed by atoms with Gasteiger partial charge >= 0.3 is 0 Å². The van der Waals surface area contributed by atoms with Gasteiger partial charge < -0.3 is 9.84 Å². The lowest BCUT2D eigenvalue weighted by atomic mass is 10.2. The van der Waals surface area contributed by atoms with Crippen molar-refractivity contribution in [1.82, 2.24) is 20.4 Å². The Balaban J connectivity index is 0.00000144. The molecule has 1 saturated heterocycles. The van der Waals surface area contributed by atoms with Gasteiger partial charge in [0.1, 0.15) is 0 Å². The van der Waals surface area contributed by atoms with Gasteiger partial charge in [0.25, 0.3) is 0 Å². The average Bonchev–Trinajstić information content (AvgIpc) is 2.70. The molecule has 1 aromatic heterocycles. The Morgan fingerprint density at radius 3 is 3.06 bits per heavy atom. The zero-order chi connectivity index (χ0) is 11.4. The first-order chi connectivity index (χ1) is 7.79. The smallest absolute Gasteiger partial charge is 0.240 e. The maximum absolute atomic E-state index is 5.25. The van der Waals surface area contributed by atoms with Gasteiger partial charge in [-0.2, -0.15) is 4.98 Å². The minimum absolute atomic E-state index is 0. The first-order valence-corrected chi connectivity index (χ1v) is 6.06. The SMILES string of the molecule is CCCc1noc(CN2CCNC[C@H]2C)n1.Cl. The second-order valence-corrected chi connectivity index (χ2v) is 4.38. The molecule has 0 unspecified atom stereocenters. The molecule has 0 aliphatic carbocycles. The summed E-state index contributed by atoms with van der Waals surface area (Å²) in [5.74, 6) is 1.58. The predicted molar refractivity (Wildman–Crippen MR) is 68.3 cm³/mol. The fourth-order valence-corrected chi connectivity index (χ4v) is 1.97. The van der Waals surface area contributed by atoms with Crippen LogP contribution in [0.25, 0.3) is 0 Å². The molecule has 0 saturated carbocycles. The van der Waals surface area contributed by atoms with Gasteiger partial charge in [0.15, 0.2) is 5.82 Å². The summed E-state index contributed by atoms with van der Waals surface area (Å²) in [5.41, 5.74) is 0. The Bertz CT molecular complexity index is 331. The molecule has 1 aliphatic rings. The number of hydrogen-bond acceptors (Lipinski definition) is 5. The number of aromatic nitrogens is 2. The van der Waals surface area contributed by atoms with Crippen LogP contribution in [0.4, 0.5) is 0 Å². The second-order valence-electron chi connectivity index (χ2n) is 4.38. The van der Waals surface area contributed by atoms with E-state index in [1.54, 1.807) is 0 Å². The van der Waals surface area contributed by atoms with E-state index in [1.807, 2.05) is 0 Å². The summed E-state index contributed by atoms with van der Waals surface area (Å²) in [6, 6.07) is 0.537. The largest absolute Gasteiger partial charge is 0.338 e. The lowest BCUT2D eigenvalue weighted by Gasteiger charge is -2.32. The number of nitrogens with one attached hydrogen (secondary N) is 1. The van der Waals surface area contributed by atoms with Crippen molar-refractivity contribution in [2.24, 2.45) is 0 Å². The Morgan fingerprint density at radius 1 is 1.53 bits per heavy atom. The number of halogens is 1. The standard InChI is InChI=1S/C11H20N4O.ClH/c1-3-4-10-13-11(16-14-10)8-15-6-5-12-7-9(15)2;/h9,12H,3-8H2,1-2H3;1H/t9-;/m1./s1. The van der Waals surface area contributed by atoms with E-state index in [0.717, 1.165) is 50.7 Å². The molecule has 1 aromatic rings. The van der Waals surface area contributed by atoms with Gasteiger partial charge in [-0.25, -0.2) is 0 Å². The number of hydrogen-bond donors (Lipinski definition) is 1. The molecule has 1 atom stereocenters. The van der Waals surface area contributed by atoms with E-state index in [1.165, 1.54) is 0 Å². The number of rotatable bonds is 4. The van der Waals surface area contributed by atoms with E-state index in [9.17, 15) is 0 Å². The summed E-state index contributed by atoms with van der Waals surface area (Å²) >= 11 is 0. The van der Waals surface area contributed by atoms with E-state index < -0.39 is 0 Å². The molecule has 5 nitrogen and oxygen atoms in total. The molecule has 0 aromatic carbocycles. The van der Waals surface area contributed by atoms with Crippen molar-refractivity contribution in [3.05, 3.63) is 11.7 Å². The minimum Gasteiger partial charge on any atom is -0.338 e. The normalized spacial score (nSPS) is 21.2. The van der Waals surface area contributed by atoms with Crippen molar-refractivity contribution in [3.63, 3.8) is 0 Å². The highest BCUT2D eigenvalue weighted by molar-refractivity contribution is 5.85. The average molecular weight is 261 g/mol. The van der Waals surface area contributed by atoms with Crippen molar-refractivity contribution in [2.75, 3.05) is 19.6 Å². The van der Waals surface area contributed by atoms with Crippen LogP contribution < -0.4 is 5.32 Å². The maximum Gasteiger partial charge on any atom is 0.240 e. The highest BCUT2D eigenvalue weighted by atomic mass is 35.5. The zero-order valence-electron chi connectivity index (χ0n) is 10.5. The molecule has 6 heteroatoms. The quantitative estimate of drug-likeness (QED) is 0.883. The van der Waals surface area contributed by atoms with Crippen LogP contribution in [-0.4, -0.2) is 40.7 Å².